The smallest absolute Gasteiger partial charge is 0.329 e. The summed E-state index contributed by atoms with van der Waals surface area (Å²) in [6, 6.07) is 20.4. The Labute approximate surface area is 234 Å². The van der Waals surface area contributed by atoms with Crippen LogP contribution in [0.15, 0.2) is 66.7 Å². The summed E-state index contributed by atoms with van der Waals surface area (Å²) in [5.74, 6) is -3.29. The molecule has 6 heteroatoms. The Morgan fingerprint density at radius 2 is 1.27 bits per heavy atom. The maximum atomic E-state index is 14.1. The van der Waals surface area contributed by atoms with Crippen LogP contribution in [0.4, 0.5) is 0 Å². The van der Waals surface area contributed by atoms with Crippen LogP contribution in [0.1, 0.15) is 75.8 Å². The van der Waals surface area contributed by atoms with Crippen LogP contribution >= 0.6 is 0 Å². The quantitative estimate of drug-likeness (QED) is 0.232. The van der Waals surface area contributed by atoms with E-state index in [0.29, 0.717) is 5.56 Å². The standard InChI is InChI=1S/C34H33NO5/c1-18(2)15-26(34(39)40-17-27(36)21-14-13-19(3)20(4)16-21)35-32(37)30-28-22-9-5-6-10-23(22)29(31(30)33(35)38)25-12-8-7-11-24(25)28/h5-14,16,18,26,28-31H,15,17H2,1-4H3/t26-,28?,29?,30-,31-/m0/s1. The summed E-state index contributed by atoms with van der Waals surface area (Å²) < 4.78 is 5.51. The molecule has 3 aliphatic carbocycles. The maximum Gasteiger partial charge on any atom is 0.329 e. The molecule has 204 valence electrons. The van der Waals surface area contributed by atoms with Gasteiger partial charge in [0.1, 0.15) is 6.04 Å². The van der Waals surface area contributed by atoms with E-state index < -0.39 is 30.5 Å². The van der Waals surface area contributed by atoms with Crippen LogP contribution in [0.2, 0.25) is 0 Å². The SMILES string of the molecule is Cc1ccc(C(=O)COC(=O)[C@H](CC(C)C)N2C(=O)[C@H]3C4c5ccccc5C(c5ccccc54)[C@@H]3C2=O)cc1C. The molecule has 1 fully saturated rings. The third-order valence-electron chi connectivity index (χ3n) is 8.94. The van der Waals surface area contributed by atoms with Crippen molar-refractivity contribution in [1.29, 1.82) is 0 Å². The number of Topliss-reactive ketones (excluding diaryl/α,β-unsaturated/α-hetero) is 1. The minimum atomic E-state index is -1.08. The van der Waals surface area contributed by atoms with Gasteiger partial charge in [0.15, 0.2) is 12.4 Å². The van der Waals surface area contributed by atoms with Gasteiger partial charge in [-0.15, -0.1) is 0 Å². The minimum absolute atomic E-state index is 0.0161. The van der Waals surface area contributed by atoms with E-state index in [-0.39, 0.29) is 41.8 Å². The van der Waals surface area contributed by atoms with Gasteiger partial charge >= 0.3 is 5.97 Å². The largest absolute Gasteiger partial charge is 0.456 e. The summed E-state index contributed by atoms with van der Waals surface area (Å²) in [5, 5.41) is 0. The number of benzene rings is 3. The van der Waals surface area contributed by atoms with Gasteiger partial charge in [0.25, 0.3) is 0 Å². The van der Waals surface area contributed by atoms with E-state index in [1.807, 2.05) is 58.0 Å². The number of rotatable bonds is 7. The number of hydrogen-bond acceptors (Lipinski definition) is 5. The molecule has 3 aromatic carbocycles. The Bertz CT molecular complexity index is 1440. The van der Waals surface area contributed by atoms with Crippen molar-refractivity contribution in [2.24, 2.45) is 17.8 Å². The van der Waals surface area contributed by atoms with Crippen LogP contribution in [0.5, 0.6) is 0 Å². The van der Waals surface area contributed by atoms with E-state index in [4.69, 9.17) is 4.74 Å². The van der Waals surface area contributed by atoms with Crippen LogP contribution < -0.4 is 0 Å². The highest BCUT2D eigenvalue weighted by Crippen LogP contribution is 2.61. The fourth-order valence-electron chi connectivity index (χ4n) is 6.99. The van der Waals surface area contributed by atoms with E-state index in [1.165, 1.54) is 4.90 Å². The molecule has 1 aliphatic heterocycles. The third-order valence-corrected chi connectivity index (χ3v) is 8.94. The fraction of sp³-hybridized carbons (Fsp3) is 0.353. The molecule has 3 atom stereocenters. The van der Waals surface area contributed by atoms with Gasteiger partial charge in [0.05, 0.1) is 11.8 Å². The lowest BCUT2D eigenvalue weighted by atomic mass is 9.55. The Hall–Kier alpha value is -4.06. The number of carbonyl (C=O) groups is 4. The molecular weight excluding hydrogens is 502 g/mol. The van der Waals surface area contributed by atoms with Crippen LogP contribution in [-0.2, 0) is 19.1 Å². The van der Waals surface area contributed by atoms with Crippen molar-refractivity contribution in [3.63, 3.8) is 0 Å². The predicted octanol–water partition coefficient (Wildman–Crippen LogP) is 5.34. The summed E-state index contributed by atoms with van der Waals surface area (Å²) >= 11 is 0. The van der Waals surface area contributed by atoms with E-state index in [0.717, 1.165) is 33.4 Å². The highest BCUT2D eigenvalue weighted by molar-refractivity contribution is 6.10. The van der Waals surface area contributed by atoms with Gasteiger partial charge in [-0.05, 0) is 65.6 Å². The molecule has 0 aromatic heterocycles. The number of ether oxygens (including phenoxy) is 1. The summed E-state index contributed by atoms with van der Waals surface area (Å²) in [6.45, 7) is 7.32. The second kappa shape index (κ2) is 9.84. The van der Waals surface area contributed by atoms with E-state index in [1.54, 1.807) is 12.1 Å². The van der Waals surface area contributed by atoms with Gasteiger partial charge in [-0.3, -0.25) is 19.3 Å². The van der Waals surface area contributed by atoms with Gasteiger partial charge in [0, 0.05) is 17.4 Å². The van der Waals surface area contributed by atoms with E-state index in [2.05, 4.69) is 24.3 Å². The number of ketones is 1. The normalized spacial score (nSPS) is 23.1. The lowest BCUT2D eigenvalue weighted by Crippen LogP contribution is -2.47. The first kappa shape index (κ1) is 26.2. The van der Waals surface area contributed by atoms with Crippen LogP contribution in [0.3, 0.4) is 0 Å². The zero-order valence-electron chi connectivity index (χ0n) is 23.2. The zero-order chi connectivity index (χ0) is 28.3. The molecule has 7 rings (SSSR count). The first-order valence-electron chi connectivity index (χ1n) is 14.0. The lowest BCUT2D eigenvalue weighted by molar-refractivity contribution is -0.158. The predicted molar refractivity (Wildman–Crippen MR) is 150 cm³/mol. The average molecular weight is 536 g/mol. The van der Waals surface area contributed by atoms with E-state index >= 15 is 0 Å². The molecular formula is C34H33NO5. The van der Waals surface area contributed by atoms with Crippen molar-refractivity contribution in [1.82, 2.24) is 4.90 Å². The second-order valence-corrected chi connectivity index (χ2v) is 11.8. The molecule has 6 nitrogen and oxygen atoms in total. The number of amides is 2. The molecule has 1 heterocycles. The molecule has 3 aromatic rings. The fourth-order valence-corrected chi connectivity index (χ4v) is 6.99. The minimum Gasteiger partial charge on any atom is -0.456 e. The first-order valence-corrected chi connectivity index (χ1v) is 14.0. The van der Waals surface area contributed by atoms with Gasteiger partial charge in [-0.25, -0.2) is 4.79 Å². The monoisotopic (exact) mass is 535 g/mol. The summed E-state index contributed by atoms with van der Waals surface area (Å²) in [5.41, 5.74) is 6.83. The molecule has 40 heavy (non-hydrogen) atoms. The van der Waals surface area contributed by atoms with Crippen molar-refractivity contribution in [3.05, 3.63) is 106 Å². The van der Waals surface area contributed by atoms with E-state index in [9.17, 15) is 19.2 Å². The Morgan fingerprint density at radius 1 is 0.775 bits per heavy atom. The van der Waals surface area contributed by atoms with Crippen molar-refractivity contribution in [2.45, 2.75) is 52.0 Å². The number of aryl methyl sites for hydroxylation is 2. The topological polar surface area (TPSA) is 80.8 Å². The van der Waals surface area contributed by atoms with Crippen LogP contribution in [0, 0.1) is 31.6 Å². The average Bonchev–Trinajstić information content (AvgIpc) is 3.21. The highest BCUT2D eigenvalue weighted by atomic mass is 16.5. The molecule has 0 spiro atoms. The number of esters is 1. The Balaban J connectivity index is 1.31. The number of carbonyl (C=O) groups excluding carboxylic acids is 4. The lowest BCUT2D eigenvalue weighted by Gasteiger charge is -2.45. The first-order chi connectivity index (χ1) is 19.2. The maximum absolute atomic E-state index is 14.1. The van der Waals surface area contributed by atoms with Crippen LogP contribution in [0.25, 0.3) is 0 Å². The number of hydrogen-bond donors (Lipinski definition) is 0. The van der Waals surface area contributed by atoms with Gasteiger partial charge in [-0.1, -0.05) is 74.5 Å². The summed E-state index contributed by atoms with van der Waals surface area (Å²) in [4.78, 5) is 55.8. The highest BCUT2D eigenvalue weighted by Gasteiger charge is 2.63. The molecule has 2 amide bonds. The van der Waals surface area contributed by atoms with Gasteiger partial charge < -0.3 is 4.74 Å². The molecule has 0 saturated carbocycles. The molecule has 0 N–H and O–H groups in total. The van der Waals surface area contributed by atoms with Crippen molar-refractivity contribution < 1.29 is 23.9 Å². The number of likely N-dealkylation sites (tertiary alicyclic amines) is 1. The summed E-state index contributed by atoms with van der Waals surface area (Å²) in [7, 11) is 0. The molecule has 0 radical (unpaired) electrons. The number of imide groups is 1. The second-order valence-electron chi connectivity index (χ2n) is 11.8. The van der Waals surface area contributed by atoms with Gasteiger partial charge in [0.2, 0.25) is 11.8 Å². The number of nitrogens with zero attached hydrogens (tertiary/aromatic N) is 1. The molecule has 2 bridgehead atoms. The molecule has 0 unspecified atom stereocenters. The molecule has 4 aliphatic rings. The van der Waals surface area contributed by atoms with Crippen molar-refractivity contribution in [2.75, 3.05) is 6.61 Å². The Morgan fingerprint density at radius 3 is 1.73 bits per heavy atom. The van der Waals surface area contributed by atoms with Crippen molar-refractivity contribution in [3.8, 4) is 0 Å². The van der Waals surface area contributed by atoms with Crippen LogP contribution in [-0.4, -0.2) is 41.1 Å². The Kier molecular flexibility index (Phi) is 6.44. The van der Waals surface area contributed by atoms with Gasteiger partial charge in [-0.2, -0.15) is 0 Å². The summed E-state index contributed by atoms with van der Waals surface area (Å²) in [6.07, 6.45) is 0.267. The van der Waals surface area contributed by atoms with Crippen molar-refractivity contribution >= 4 is 23.6 Å². The molecule has 1 saturated heterocycles. The zero-order valence-corrected chi connectivity index (χ0v) is 23.2. The third kappa shape index (κ3) is 4.00.